The minimum Gasteiger partial charge on any atom is -0.324 e. The summed E-state index contributed by atoms with van der Waals surface area (Å²) in [6.45, 7) is 15.6. The van der Waals surface area contributed by atoms with Gasteiger partial charge in [0.2, 0.25) is 0 Å². The van der Waals surface area contributed by atoms with Crippen molar-refractivity contribution >= 4 is 0 Å². The number of rotatable bonds is 4. The molecule has 0 aromatic heterocycles. The van der Waals surface area contributed by atoms with Gasteiger partial charge in [-0.2, -0.15) is 0 Å². The van der Waals surface area contributed by atoms with Crippen LogP contribution in [0.15, 0.2) is 0 Å². The molecule has 2 N–H and O–H groups in total. The van der Waals surface area contributed by atoms with Crippen LogP contribution in [-0.2, 0) is 0 Å². The normalized spacial score (nSPS) is 13.2. The van der Waals surface area contributed by atoms with Crippen molar-refractivity contribution in [3.63, 3.8) is 0 Å². The van der Waals surface area contributed by atoms with Gasteiger partial charge in [0.1, 0.15) is 0 Å². The van der Waals surface area contributed by atoms with Gasteiger partial charge >= 0.3 is 0 Å². The van der Waals surface area contributed by atoms with Gasteiger partial charge in [0, 0.05) is 6.04 Å². The molecule has 1 atom stereocenters. The van der Waals surface area contributed by atoms with E-state index in [1.165, 1.54) is 39.8 Å². The third-order valence-corrected chi connectivity index (χ3v) is 4.48. The highest BCUT2D eigenvalue weighted by molar-refractivity contribution is 5.50. The van der Waals surface area contributed by atoms with Crippen LogP contribution in [0, 0.1) is 40.5 Å². The second-order valence-corrected chi connectivity index (χ2v) is 6.12. The van der Waals surface area contributed by atoms with Crippen LogP contribution in [0.2, 0.25) is 0 Å². The number of nitrogens with two attached hydrogens (primary N) is 1. The lowest BCUT2D eigenvalue weighted by Gasteiger charge is -2.23. The molecular formula is C17H29N. The predicted molar refractivity (Wildman–Crippen MR) is 81.1 cm³/mol. The Labute approximate surface area is 113 Å². The van der Waals surface area contributed by atoms with E-state index in [4.69, 9.17) is 5.73 Å². The van der Waals surface area contributed by atoms with Gasteiger partial charge in [-0.25, -0.2) is 0 Å². The van der Waals surface area contributed by atoms with Crippen molar-refractivity contribution in [2.75, 3.05) is 0 Å². The van der Waals surface area contributed by atoms with E-state index in [2.05, 4.69) is 48.5 Å². The van der Waals surface area contributed by atoms with E-state index < -0.39 is 0 Å². The smallest absolute Gasteiger partial charge is 0.0300 e. The third-order valence-electron chi connectivity index (χ3n) is 4.48. The Hall–Kier alpha value is -0.820. The summed E-state index contributed by atoms with van der Waals surface area (Å²) in [6.07, 6.45) is 2.29. The first-order chi connectivity index (χ1) is 8.27. The van der Waals surface area contributed by atoms with Crippen LogP contribution in [0.5, 0.6) is 0 Å². The molecule has 0 saturated heterocycles. The molecule has 0 heterocycles. The molecule has 18 heavy (non-hydrogen) atoms. The summed E-state index contributed by atoms with van der Waals surface area (Å²) >= 11 is 0. The molecule has 1 aromatic carbocycles. The summed E-state index contributed by atoms with van der Waals surface area (Å²) in [5, 5.41) is 0. The minimum atomic E-state index is 0.186. The minimum absolute atomic E-state index is 0.186. The van der Waals surface area contributed by atoms with Gasteiger partial charge in [-0.1, -0.05) is 13.8 Å². The van der Waals surface area contributed by atoms with Gasteiger partial charge in [-0.3, -0.25) is 0 Å². The van der Waals surface area contributed by atoms with Crippen LogP contribution in [0.3, 0.4) is 0 Å². The van der Waals surface area contributed by atoms with Crippen LogP contribution < -0.4 is 5.73 Å². The van der Waals surface area contributed by atoms with Crippen LogP contribution in [0.4, 0.5) is 0 Å². The molecule has 1 unspecified atom stereocenters. The van der Waals surface area contributed by atoms with Crippen molar-refractivity contribution < 1.29 is 0 Å². The van der Waals surface area contributed by atoms with Crippen molar-refractivity contribution in [1.82, 2.24) is 0 Å². The quantitative estimate of drug-likeness (QED) is 0.822. The predicted octanol–water partition coefficient (Wildman–Crippen LogP) is 4.66. The molecular weight excluding hydrogens is 218 g/mol. The summed E-state index contributed by atoms with van der Waals surface area (Å²) in [4.78, 5) is 0. The summed E-state index contributed by atoms with van der Waals surface area (Å²) in [5.41, 5.74) is 14.9. The molecule has 0 fully saturated rings. The molecule has 1 aromatic rings. The molecule has 102 valence electrons. The molecule has 0 spiro atoms. The fourth-order valence-corrected chi connectivity index (χ4v) is 2.74. The maximum Gasteiger partial charge on any atom is 0.0300 e. The SMILES string of the molecule is Cc1c(C)c(C)c(C(N)CCC(C)C)c(C)c1C. The van der Waals surface area contributed by atoms with Crippen molar-refractivity contribution in [3.05, 3.63) is 33.4 Å². The Bertz CT molecular complexity index is 401. The highest BCUT2D eigenvalue weighted by atomic mass is 14.6. The lowest BCUT2D eigenvalue weighted by atomic mass is 9.85. The molecule has 0 bridgehead atoms. The average Bonchev–Trinajstić information content (AvgIpc) is 2.31. The molecule has 0 saturated carbocycles. The maximum atomic E-state index is 6.43. The zero-order valence-corrected chi connectivity index (χ0v) is 13.1. The molecule has 0 amide bonds. The highest BCUT2D eigenvalue weighted by Crippen LogP contribution is 2.31. The zero-order valence-electron chi connectivity index (χ0n) is 13.1. The molecule has 0 aliphatic carbocycles. The lowest BCUT2D eigenvalue weighted by Crippen LogP contribution is -2.16. The number of hydrogen-bond acceptors (Lipinski definition) is 1. The van der Waals surface area contributed by atoms with Crippen molar-refractivity contribution in [2.24, 2.45) is 11.7 Å². The Morgan fingerprint density at radius 1 is 0.722 bits per heavy atom. The van der Waals surface area contributed by atoms with Crippen LogP contribution >= 0.6 is 0 Å². The number of hydrogen-bond donors (Lipinski definition) is 1. The van der Waals surface area contributed by atoms with Crippen molar-refractivity contribution in [1.29, 1.82) is 0 Å². The van der Waals surface area contributed by atoms with Gasteiger partial charge in [0.15, 0.2) is 0 Å². The largest absolute Gasteiger partial charge is 0.324 e. The van der Waals surface area contributed by atoms with Crippen LogP contribution in [0.1, 0.15) is 66.1 Å². The van der Waals surface area contributed by atoms with Gasteiger partial charge in [-0.05, 0) is 86.8 Å². The van der Waals surface area contributed by atoms with Gasteiger partial charge in [0.25, 0.3) is 0 Å². The fraction of sp³-hybridized carbons (Fsp3) is 0.647. The van der Waals surface area contributed by atoms with E-state index in [-0.39, 0.29) is 6.04 Å². The van der Waals surface area contributed by atoms with E-state index in [1.54, 1.807) is 0 Å². The van der Waals surface area contributed by atoms with E-state index in [9.17, 15) is 0 Å². The molecule has 0 radical (unpaired) electrons. The first-order valence-electron chi connectivity index (χ1n) is 7.09. The lowest BCUT2D eigenvalue weighted by molar-refractivity contribution is 0.505. The fourth-order valence-electron chi connectivity index (χ4n) is 2.74. The van der Waals surface area contributed by atoms with Crippen molar-refractivity contribution in [2.45, 2.75) is 67.3 Å². The van der Waals surface area contributed by atoms with Gasteiger partial charge in [0.05, 0.1) is 0 Å². The Morgan fingerprint density at radius 2 is 1.11 bits per heavy atom. The Morgan fingerprint density at radius 3 is 1.50 bits per heavy atom. The number of benzene rings is 1. The maximum absolute atomic E-state index is 6.43. The highest BCUT2D eigenvalue weighted by Gasteiger charge is 2.17. The molecule has 0 aliphatic rings. The summed E-state index contributed by atoms with van der Waals surface area (Å²) in [5.74, 6) is 0.726. The molecule has 1 heteroatoms. The van der Waals surface area contributed by atoms with E-state index in [1.807, 2.05) is 0 Å². The van der Waals surface area contributed by atoms with Crippen LogP contribution in [-0.4, -0.2) is 0 Å². The zero-order chi connectivity index (χ0) is 14.0. The van der Waals surface area contributed by atoms with E-state index in [0.717, 1.165) is 12.3 Å². The third kappa shape index (κ3) is 2.95. The van der Waals surface area contributed by atoms with E-state index in [0.29, 0.717) is 0 Å². The first-order valence-corrected chi connectivity index (χ1v) is 7.09. The van der Waals surface area contributed by atoms with Gasteiger partial charge < -0.3 is 5.73 Å². The molecule has 1 nitrogen and oxygen atoms in total. The first kappa shape index (κ1) is 15.2. The second-order valence-electron chi connectivity index (χ2n) is 6.12. The second kappa shape index (κ2) is 5.88. The topological polar surface area (TPSA) is 26.0 Å². The Kier molecular flexibility index (Phi) is 4.98. The Balaban J connectivity index is 3.16. The monoisotopic (exact) mass is 247 g/mol. The van der Waals surface area contributed by atoms with E-state index >= 15 is 0 Å². The van der Waals surface area contributed by atoms with Crippen molar-refractivity contribution in [3.8, 4) is 0 Å². The summed E-state index contributed by atoms with van der Waals surface area (Å²) in [7, 11) is 0. The average molecular weight is 247 g/mol. The molecule has 0 aliphatic heterocycles. The van der Waals surface area contributed by atoms with Crippen LogP contribution in [0.25, 0.3) is 0 Å². The molecule has 1 rings (SSSR count). The summed E-state index contributed by atoms with van der Waals surface area (Å²) in [6, 6.07) is 0.186. The van der Waals surface area contributed by atoms with Gasteiger partial charge in [-0.15, -0.1) is 0 Å². The standard InChI is InChI=1S/C17H29N/c1-10(2)8-9-16(18)17-14(6)12(4)11(3)13(5)15(17)7/h10,16H,8-9,18H2,1-7H3. The summed E-state index contributed by atoms with van der Waals surface area (Å²) < 4.78 is 0.